The van der Waals surface area contributed by atoms with E-state index in [2.05, 4.69) is 15.2 Å². The van der Waals surface area contributed by atoms with E-state index in [9.17, 15) is 18.3 Å². The normalized spacial score (nSPS) is 12.4. The van der Waals surface area contributed by atoms with E-state index >= 15 is 0 Å². The predicted octanol–water partition coefficient (Wildman–Crippen LogP) is 5.92. The number of H-pyrrole nitrogens is 1. The molecule has 0 spiro atoms. The second kappa shape index (κ2) is 5.67. The molecule has 3 aromatic rings. The lowest BCUT2D eigenvalue weighted by Crippen LogP contribution is -2.03. The summed E-state index contributed by atoms with van der Waals surface area (Å²) < 4.78 is 38.6. The van der Waals surface area contributed by atoms with Crippen LogP contribution < -0.4 is 0 Å². The average Bonchev–Trinajstić information content (AvgIpc) is 2.82. The molecule has 7 heteroatoms. The number of aromatic nitrogens is 1. The summed E-state index contributed by atoms with van der Waals surface area (Å²) in [6, 6.07) is 8.58. The van der Waals surface area contributed by atoms with Crippen LogP contribution in [0, 0.1) is 13.8 Å². The summed E-state index contributed by atoms with van der Waals surface area (Å²) in [6.07, 6.45) is -4.47. The van der Waals surface area contributed by atoms with Crippen molar-refractivity contribution in [2.75, 3.05) is 0 Å². The monoisotopic (exact) mass is 333 g/mol. The fraction of sp³-hybridized carbons (Fsp3) is 0.176. The predicted molar refractivity (Wildman–Crippen MR) is 85.1 cm³/mol. The minimum atomic E-state index is -4.47. The fourth-order valence-electron chi connectivity index (χ4n) is 2.34. The van der Waals surface area contributed by atoms with Gasteiger partial charge in [0.1, 0.15) is 0 Å². The van der Waals surface area contributed by atoms with E-state index in [4.69, 9.17) is 0 Å². The molecule has 4 nitrogen and oxygen atoms in total. The summed E-state index contributed by atoms with van der Waals surface area (Å²) in [5, 5.41) is 18.0. The Morgan fingerprint density at radius 2 is 1.71 bits per heavy atom. The molecule has 0 bridgehead atoms. The first-order chi connectivity index (χ1) is 11.3. The number of hydrogen-bond donors (Lipinski definition) is 2. The molecule has 2 N–H and O–H groups in total. The summed E-state index contributed by atoms with van der Waals surface area (Å²) >= 11 is 0. The van der Waals surface area contributed by atoms with E-state index in [0.29, 0.717) is 11.2 Å². The molecule has 124 valence electrons. The largest absolute Gasteiger partial charge is 0.493 e. The van der Waals surface area contributed by atoms with Crippen LogP contribution in [0.1, 0.15) is 16.7 Å². The minimum absolute atomic E-state index is 0.0191. The van der Waals surface area contributed by atoms with Crippen molar-refractivity contribution in [2.45, 2.75) is 20.0 Å². The van der Waals surface area contributed by atoms with Gasteiger partial charge in [-0.3, -0.25) is 0 Å². The Labute approximate surface area is 135 Å². The van der Waals surface area contributed by atoms with E-state index < -0.39 is 11.7 Å². The number of aromatic hydroxyl groups is 1. The van der Waals surface area contributed by atoms with Crippen LogP contribution in [0.4, 0.5) is 24.5 Å². The van der Waals surface area contributed by atoms with Crippen molar-refractivity contribution in [3.8, 4) is 5.88 Å². The maximum Gasteiger partial charge on any atom is 0.416 e. The van der Waals surface area contributed by atoms with Crippen molar-refractivity contribution in [3.63, 3.8) is 0 Å². The smallest absolute Gasteiger partial charge is 0.416 e. The van der Waals surface area contributed by atoms with Crippen molar-refractivity contribution >= 4 is 22.3 Å². The average molecular weight is 333 g/mol. The highest BCUT2D eigenvalue weighted by Crippen LogP contribution is 2.39. The third-order valence-electron chi connectivity index (χ3n) is 3.84. The molecule has 3 rings (SSSR count). The van der Waals surface area contributed by atoms with Crippen molar-refractivity contribution < 1.29 is 18.3 Å². The van der Waals surface area contributed by atoms with E-state index in [1.165, 1.54) is 6.07 Å². The summed E-state index contributed by atoms with van der Waals surface area (Å²) in [5.41, 5.74) is 2.20. The van der Waals surface area contributed by atoms with Gasteiger partial charge in [-0.1, -0.05) is 6.07 Å². The highest BCUT2D eigenvalue weighted by atomic mass is 19.4. The van der Waals surface area contributed by atoms with Crippen LogP contribution >= 0.6 is 0 Å². The number of halogens is 3. The van der Waals surface area contributed by atoms with Crippen LogP contribution in [-0.2, 0) is 6.18 Å². The number of azo groups is 1. The molecule has 24 heavy (non-hydrogen) atoms. The van der Waals surface area contributed by atoms with Crippen LogP contribution in [0.5, 0.6) is 5.88 Å². The molecule has 0 amide bonds. The summed E-state index contributed by atoms with van der Waals surface area (Å²) in [7, 11) is 0. The van der Waals surface area contributed by atoms with Crippen LogP contribution in [0.15, 0.2) is 46.6 Å². The van der Waals surface area contributed by atoms with Gasteiger partial charge in [0.25, 0.3) is 0 Å². The van der Waals surface area contributed by atoms with Crippen LogP contribution in [0.25, 0.3) is 10.9 Å². The molecule has 1 aromatic heterocycles. The van der Waals surface area contributed by atoms with Crippen molar-refractivity contribution in [1.82, 2.24) is 4.98 Å². The SMILES string of the molecule is Cc1ccc(N=Nc2c(O)[nH]c3ccc(C(F)(F)F)cc23)cc1C. The molecule has 0 aliphatic rings. The molecule has 0 fully saturated rings. The van der Waals surface area contributed by atoms with Gasteiger partial charge in [-0.05, 0) is 55.3 Å². The number of hydrogen-bond acceptors (Lipinski definition) is 3. The first kappa shape index (κ1) is 16.0. The molecule has 0 unspecified atom stereocenters. The standard InChI is InChI=1S/C17H14F3N3O/c1-9-3-5-12(7-10(9)2)22-23-15-13-8-11(17(18,19)20)4-6-14(13)21-16(15)24/h3-8,21,24H,1-2H3. The Morgan fingerprint density at radius 1 is 0.958 bits per heavy atom. The Bertz CT molecular complexity index is 942. The maximum atomic E-state index is 12.9. The Morgan fingerprint density at radius 3 is 2.38 bits per heavy atom. The molecule has 1 heterocycles. The zero-order valence-electron chi connectivity index (χ0n) is 12.9. The molecule has 0 saturated carbocycles. The van der Waals surface area contributed by atoms with Crippen molar-refractivity contribution in [1.29, 1.82) is 0 Å². The Hall–Kier alpha value is -2.83. The maximum absolute atomic E-state index is 12.9. The molecule has 0 aliphatic heterocycles. The van der Waals surface area contributed by atoms with E-state index in [-0.39, 0.29) is 17.0 Å². The Balaban J connectivity index is 2.06. The third-order valence-corrected chi connectivity index (χ3v) is 3.84. The first-order valence-electron chi connectivity index (χ1n) is 7.16. The number of aromatic amines is 1. The number of rotatable bonds is 2. The number of fused-ring (bicyclic) bond motifs is 1. The lowest BCUT2D eigenvalue weighted by molar-refractivity contribution is -0.137. The summed E-state index contributed by atoms with van der Waals surface area (Å²) in [4.78, 5) is 2.60. The highest BCUT2D eigenvalue weighted by molar-refractivity contribution is 5.94. The van der Waals surface area contributed by atoms with Gasteiger partial charge in [0.15, 0.2) is 5.69 Å². The fourth-order valence-corrected chi connectivity index (χ4v) is 2.34. The van der Waals surface area contributed by atoms with Gasteiger partial charge in [-0.25, -0.2) is 0 Å². The first-order valence-corrected chi connectivity index (χ1v) is 7.16. The summed E-state index contributed by atoms with van der Waals surface area (Å²) in [5.74, 6) is -0.322. The van der Waals surface area contributed by atoms with Gasteiger partial charge in [0, 0.05) is 5.39 Å². The number of aryl methyl sites for hydroxylation is 2. The van der Waals surface area contributed by atoms with E-state index in [0.717, 1.165) is 23.3 Å². The molecule has 0 atom stereocenters. The number of benzene rings is 2. The van der Waals surface area contributed by atoms with Crippen LogP contribution in [0.2, 0.25) is 0 Å². The van der Waals surface area contributed by atoms with E-state index in [1.54, 1.807) is 6.07 Å². The second-order valence-electron chi connectivity index (χ2n) is 5.55. The highest BCUT2D eigenvalue weighted by Gasteiger charge is 2.31. The van der Waals surface area contributed by atoms with Crippen LogP contribution in [0.3, 0.4) is 0 Å². The molecule has 0 saturated heterocycles. The number of nitrogens with zero attached hydrogens (tertiary/aromatic N) is 2. The molecular formula is C17H14F3N3O. The van der Waals surface area contributed by atoms with Gasteiger partial charge in [-0.15, -0.1) is 5.11 Å². The van der Waals surface area contributed by atoms with Gasteiger partial charge < -0.3 is 10.1 Å². The topological polar surface area (TPSA) is 60.7 Å². The number of nitrogens with one attached hydrogen (secondary N) is 1. The van der Waals surface area contributed by atoms with E-state index in [1.807, 2.05) is 26.0 Å². The molecular weight excluding hydrogens is 319 g/mol. The molecule has 2 aromatic carbocycles. The van der Waals surface area contributed by atoms with Gasteiger partial charge >= 0.3 is 6.18 Å². The second-order valence-corrected chi connectivity index (χ2v) is 5.55. The Kier molecular flexibility index (Phi) is 3.79. The molecule has 0 aliphatic carbocycles. The minimum Gasteiger partial charge on any atom is -0.493 e. The quantitative estimate of drug-likeness (QED) is 0.561. The third kappa shape index (κ3) is 2.97. The number of alkyl halides is 3. The van der Waals surface area contributed by atoms with Crippen LogP contribution in [-0.4, -0.2) is 10.1 Å². The van der Waals surface area contributed by atoms with Gasteiger partial charge in [0.2, 0.25) is 5.88 Å². The van der Waals surface area contributed by atoms with Crippen molar-refractivity contribution in [3.05, 3.63) is 53.1 Å². The lowest BCUT2D eigenvalue weighted by atomic mass is 10.1. The lowest BCUT2D eigenvalue weighted by Gasteiger charge is -2.05. The van der Waals surface area contributed by atoms with Crippen molar-refractivity contribution in [2.24, 2.45) is 10.2 Å². The van der Waals surface area contributed by atoms with Gasteiger partial charge in [-0.2, -0.15) is 18.3 Å². The zero-order chi connectivity index (χ0) is 17.5. The zero-order valence-corrected chi connectivity index (χ0v) is 12.9. The molecule has 0 radical (unpaired) electrons. The summed E-state index contributed by atoms with van der Waals surface area (Å²) in [6.45, 7) is 3.88. The van der Waals surface area contributed by atoms with Gasteiger partial charge in [0.05, 0.1) is 16.8 Å².